The van der Waals surface area contributed by atoms with Crippen LogP contribution in [0.2, 0.25) is 0 Å². The van der Waals surface area contributed by atoms with Gasteiger partial charge in [-0.05, 0) is 42.4 Å². The zero-order valence-electron chi connectivity index (χ0n) is 10.4. The molecule has 2 rings (SSSR count). The van der Waals surface area contributed by atoms with Crippen molar-refractivity contribution in [3.05, 3.63) is 59.7 Å². The normalized spacial score (nSPS) is 12.2. The van der Waals surface area contributed by atoms with Crippen molar-refractivity contribution in [2.75, 3.05) is 14.2 Å². The van der Waals surface area contributed by atoms with E-state index in [1.807, 2.05) is 25.2 Å². The van der Waals surface area contributed by atoms with E-state index in [1.165, 1.54) is 13.2 Å². The highest BCUT2D eigenvalue weighted by Gasteiger charge is 2.14. The zero-order chi connectivity index (χ0) is 13.0. The number of nitrogens with one attached hydrogen (secondary N) is 1. The van der Waals surface area contributed by atoms with Crippen molar-refractivity contribution in [3.63, 3.8) is 0 Å². The van der Waals surface area contributed by atoms with E-state index in [1.54, 1.807) is 18.5 Å². The summed E-state index contributed by atoms with van der Waals surface area (Å²) >= 11 is 0. The first-order valence-corrected chi connectivity index (χ1v) is 5.67. The number of benzene rings is 1. The largest absolute Gasteiger partial charge is 0.494 e. The quantitative estimate of drug-likeness (QED) is 0.900. The summed E-state index contributed by atoms with van der Waals surface area (Å²) in [5, 5.41) is 3.16. The molecule has 3 nitrogen and oxygen atoms in total. The molecule has 0 aliphatic heterocycles. The number of aromatic nitrogens is 1. The van der Waals surface area contributed by atoms with Gasteiger partial charge in [-0.25, -0.2) is 4.39 Å². The van der Waals surface area contributed by atoms with Crippen LogP contribution in [0.4, 0.5) is 4.39 Å². The molecule has 0 bridgehead atoms. The molecule has 18 heavy (non-hydrogen) atoms. The molecule has 0 saturated heterocycles. The van der Waals surface area contributed by atoms with Gasteiger partial charge >= 0.3 is 0 Å². The van der Waals surface area contributed by atoms with Gasteiger partial charge in [-0.3, -0.25) is 4.98 Å². The number of methoxy groups -OCH3 is 1. The highest BCUT2D eigenvalue weighted by molar-refractivity contribution is 5.35. The van der Waals surface area contributed by atoms with Crippen molar-refractivity contribution in [1.82, 2.24) is 10.3 Å². The molecule has 0 spiro atoms. The van der Waals surface area contributed by atoms with Crippen molar-refractivity contribution in [2.24, 2.45) is 0 Å². The van der Waals surface area contributed by atoms with Crippen LogP contribution in [0.25, 0.3) is 0 Å². The lowest BCUT2D eigenvalue weighted by atomic mass is 9.99. The second kappa shape index (κ2) is 5.60. The monoisotopic (exact) mass is 246 g/mol. The van der Waals surface area contributed by atoms with Crippen molar-refractivity contribution in [2.45, 2.75) is 6.04 Å². The van der Waals surface area contributed by atoms with Crippen LogP contribution in [0.5, 0.6) is 5.75 Å². The molecular formula is C14H15FN2O. The minimum absolute atomic E-state index is 0.0617. The van der Waals surface area contributed by atoms with Crippen LogP contribution in [0.3, 0.4) is 0 Å². The van der Waals surface area contributed by atoms with Crippen LogP contribution in [-0.4, -0.2) is 19.1 Å². The van der Waals surface area contributed by atoms with Crippen molar-refractivity contribution >= 4 is 0 Å². The summed E-state index contributed by atoms with van der Waals surface area (Å²) in [5.74, 6) is -0.104. The summed E-state index contributed by atoms with van der Waals surface area (Å²) in [6.45, 7) is 0. The number of nitrogens with zero attached hydrogens (tertiary/aromatic N) is 1. The Morgan fingerprint density at radius 2 is 1.89 bits per heavy atom. The number of rotatable bonds is 4. The predicted octanol–water partition coefficient (Wildman–Crippen LogP) is 2.54. The Morgan fingerprint density at radius 1 is 1.17 bits per heavy atom. The van der Waals surface area contributed by atoms with Gasteiger partial charge in [0.2, 0.25) is 0 Å². The van der Waals surface area contributed by atoms with E-state index in [0.717, 1.165) is 11.1 Å². The standard InChI is InChI=1S/C14H15FN2O/c1-16-14(10-5-7-17-8-6-10)11-3-4-13(18-2)12(15)9-11/h3-9,14,16H,1-2H3. The molecule has 0 aliphatic rings. The summed E-state index contributed by atoms with van der Waals surface area (Å²) in [5.41, 5.74) is 1.89. The van der Waals surface area contributed by atoms with Crippen LogP contribution in [0.1, 0.15) is 17.2 Å². The average molecular weight is 246 g/mol. The first-order chi connectivity index (χ1) is 8.76. The third kappa shape index (κ3) is 2.49. The van der Waals surface area contributed by atoms with Gasteiger partial charge in [0.1, 0.15) is 0 Å². The number of hydrogen-bond donors (Lipinski definition) is 1. The molecule has 0 aliphatic carbocycles. The third-order valence-corrected chi connectivity index (χ3v) is 2.84. The van der Waals surface area contributed by atoms with Crippen LogP contribution in [0, 0.1) is 5.82 Å². The second-order valence-corrected chi connectivity index (χ2v) is 3.90. The van der Waals surface area contributed by atoms with Gasteiger partial charge in [0.05, 0.1) is 13.2 Å². The first kappa shape index (κ1) is 12.5. The summed E-state index contributed by atoms with van der Waals surface area (Å²) in [4.78, 5) is 3.98. The fraction of sp³-hybridized carbons (Fsp3) is 0.214. The van der Waals surface area contributed by atoms with Crippen LogP contribution >= 0.6 is 0 Å². The van der Waals surface area contributed by atoms with Gasteiger partial charge in [0, 0.05) is 12.4 Å². The highest BCUT2D eigenvalue weighted by Crippen LogP contribution is 2.25. The molecule has 0 amide bonds. The molecule has 1 unspecified atom stereocenters. The third-order valence-electron chi connectivity index (χ3n) is 2.84. The predicted molar refractivity (Wildman–Crippen MR) is 68.1 cm³/mol. The zero-order valence-corrected chi connectivity index (χ0v) is 10.4. The van der Waals surface area contributed by atoms with Gasteiger partial charge in [0.15, 0.2) is 11.6 Å². The van der Waals surface area contributed by atoms with E-state index < -0.39 is 0 Å². The van der Waals surface area contributed by atoms with E-state index in [0.29, 0.717) is 0 Å². The van der Waals surface area contributed by atoms with Crippen LogP contribution < -0.4 is 10.1 Å². The Labute approximate surface area is 106 Å². The molecule has 1 N–H and O–H groups in total. The number of hydrogen-bond acceptors (Lipinski definition) is 3. The lowest BCUT2D eigenvalue weighted by Crippen LogP contribution is -2.17. The molecule has 0 fully saturated rings. The number of halogens is 1. The Bertz CT molecular complexity index is 516. The molecular weight excluding hydrogens is 231 g/mol. The topological polar surface area (TPSA) is 34.2 Å². The molecule has 0 radical (unpaired) electrons. The van der Waals surface area contributed by atoms with Crippen LogP contribution in [0.15, 0.2) is 42.7 Å². The van der Waals surface area contributed by atoms with E-state index in [2.05, 4.69) is 10.3 Å². The second-order valence-electron chi connectivity index (χ2n) is 3.90. The highest BCUT2D eigenvalue weighted by atomic mass is 19.1. The van der Waals surface area contributed by atoms with E-state index in [4.69, 9.17) is 4.74 Å². The smallest absolute Gasteiger partial charge is 0.165 e. The van der Waals surface area contributed by atoms with Gasteiger partial charge in [-0.1, -0.05) is 6.07 Å². The molecule has 2 aromatic rings. The molecule has 1 heterocycles. The Kier molecular flexibility index (Phi) is 3.89. The Balaban J connectivity index is 2.37. The molecule has 94 valence electrons. The first-order valence-electron chi connectivity index (χ1n) is 5.67. The van der Waals surface area contributed by atoms with Gasteiger partial charge < -0.3 is 10.1 Å². The van der Waals surface area contributed by atoms with Gasteiger partial charge in [-0.2, -0.15) is 0 Å². The van der Waals surface area contributed by atoms with E-state index in [-0.39, 0.29) is 17.6 Å². The van der Waals surface area contributed by atoms with E-state index in [9.17, 15) is 4.39 Å². The number of ether oxygens (including phenoxy) is 1. The van der Waals surface area contributed by atoms with Gasteiger partial charge in [-0.15, -0.1) is 0 Å². The Morgan fingerprint density at radius 3 is 2.44 bits per heavy atom. The maximum absolute atomic E-state index is 13.7. The maximum Gasteiger partial charge on any atom is 0.165 e. The van der Waals surface area contributed by atoms with Crippen molar-refractivity contribution < 1.29 is 9.13 Å². The molecule has 1 atom stereocenters. The summed E-state index contributed by atoms with van der Waals surface area (Å²) in [6, 6.07) is 8.72. The minimum atomic E-state index is -0.357. The lowest BCUT2D eigenvalue weighted by Gasteiger charge is -2.17. The number of pyridine rings is 1. The molecule has 1 aromatic carbocycles. The Hall–Kier alpha value is -1.94. The summed E-state index contributed by atoms with van der Waals surface area (Å²) < 4.78 is 18.6. The average Bonchev–Trinajstić information content (AvgIpc) is 2.41. The molecule has 0 saturated carbocycles. The van der Waals surface area contributed by atoms with Gasteiger partial charge in [0.25, 0.3) is 0 Å². The summed E-state index contributed by atoms with van der Waals surface area (Å²) in [7, 11) is 3.30. The fourth-order valence-electron chi connectivity index (χ4n) is 1.94. The maximum atomic E-state index is 13.7. The molecule has 1 aromatic heterocycles. The van der Waals surface area contributed by atoms with Crippen LogP contribution in [-0.2, 0) is 0 Å². The lowest BCUT2D eigenvalue weighted by molar-refractivity contribution is 0.386. The van der Waals surface area contributed by atoms with Crippen molar-refractivity contribution in [1.29, 1.82) is 0 Å². The fourth-order valence-corrected chi connectivity index (χ4v) is 1.94. The SMILES string of the molecule is CNC(c1ccncc1)c1ccc(OC)c(F)c1. The molecule has 4 heteroatoms. The van der Waals surface area contributed by atoms with E-state index >= 15 is 0 Å². The van der Waals surface area contributed by atoms with Crippen molar-refractivity contribution in [3.8, 4) is 5.75 Å². The minimum Gasteiger partial charge on any atom is -0.494 e. The summed E-state index contributed by atoms with van der Waals surface area (Å²) in [6.07, 6.45) is 3.44.